The molecule has 1 aromatic carbocycles. The predicted octanol–water partition coefficient (Wildman–Crippen LogP) is 2.58. The summed E-state index contributed by atoms with van der Waals surface area (Å²) in [7, 11) is 0. The first kappa shape index (κ1) is 16.5. The Hall–Kier alpha value is -1.86. The highest BCUT2D eigenvalue weighted by atomic mass is 32.1. The molecule has 0 fully saturated rings. The van der Waals surface area contributed by atoms with Crippen LogP contribution in [-0.2, 0) is 11.2 Å². The van der Waals surface area contributed by atoms with Gasteiger partial charge in [0.2, 0.25) is 11.0 Å². The maximum Gasteiger partial charge on any atom is 0.243 e. The second-order valence-corrected chi connectivity index (χ2v) is 6.56. The van der Waals surface area contributed by atoms with E-state index in [1.807, 2.05) is 13.8 Å². The van der Waals surface area contributed by atoms with Crippen molar-refractivity contribution < 1.29 is 9.18 Å². The van der Waals surface area contributed by atoms with Crippen molar-refractivity contribution in [1.29, 1.82) is 0 Å². The molecular weight excluding hydrogens is 303 g/mol. The summed E-state index contributed by atoms with van der Waals surface area (Å²) in [6.07, 6.45) is 0.949. The minimum atomic E-state index is -0.570. The Morgan fingerprint density at radius 3 is 2.77 bits per heavy atom. The monoisotopic (exact) mass is 322 g/mol. The van der Waals surface area contributed by atoms with E-state index in [0.717, 1.165) is 0 Å². The normalized spacial score (nSPS) is 12.4. The molecular formula is C15H19FN4OS. The van der Waals surface area contributed by atoms with Gasteiger partial charge in [-0.25, -0.2) is 4.39 Å². The summed E-state index contributed by atoms with van der Waals surface area (Å²) in [6.45, 7) is 4.01. The summed E-state index contributed by atoms with van der Waals surface area (Å²) in [5.74, 6) is -0.212. The molecule has 0 saturated heterocycles. The van der Waals surface area contributed by atoms with Gasteiger partial charge in [0.25, 0.3) is 0 Å². The third-order valence-electron chi connectivity index (χ3n) is 3.06. The van der Waals surface area contributed by atoms with Crippen molar-refractivity contribution in [2.45, 2.75) is 32.7 Å². The Morgan fingerprint density at radius 1 is 1.36 bits per heavy atom. The molecule has 5 nitrogen and oxygen atoms in total. The van der Waals surface area contributed by atoms with E-state index in [0.29, 0.717) is 34.5 Å². The molecule has 3 N–H and O–H groups in total. The van der Waals surface area contributed by atoms with Crippen LogP contribution in [0.25, 0.3) is 0 Å². The third kappa shape index (κ3) is 4.57. The Morgan fingerprint density at radius 2 is 2.09 bits per heavy atom. The van der Waals surface area contributed by atoms with Crippen LogP contribution in [0.5, 0.6) is 0 Å². The highest BCUT2D eigenvalue weighted by Crippen LogP contribution is 2.20. The minimum Gasteiger partial charge on any atom is -0.320 e. The largest absolute Gasteiger partial charge is 0.320 e. The molecule has 0 unspecified atom stereocenters. The van der Waals surface area contributed by atoms with Gasteiger partial charge in [0, 0.05) is 6.42 Å². The van der Waals surface area contributed by atoms with Crippen LogP contribution < -0.4 is 11.1 Å². The van der Waals surface area contributed by atoms with Gasteiger partial charge in [-0.05, 0) is 24.0 Å². The molecule has 22 heavy (non-hydrogen) atoms. The lowest BCUT2D eigenvalue weighted by Crippen LogP contribution is -2.36. The van der Waals surface area contributed by atoms with Crippen LogP contribution in [0.4, 0.5) is 9.52 Å². The molecule has 1 heterocycles. The number of rotatable bonds is 6. The smallest absolute Gasteiger partial charge is 0.243 e. The highest BCUT2D eigenvalue weighted by molar-refractivity contribution is 7.15. The number of carbonyl (C=O) groups excluding carboxylic acids is 1. The predicted molar refractivity (Wildman–Crippen MR) is 85.2 cm³/mol. The van der Waals surface area contributed by atoms with Crippen molar-refractivity contribution in [3.63, 3.8) is 0 Å². The van der Waals surface area contributed by atoms with Gasteiger partial charge in [-0.1, -0.05) is 43.4 Å². The second kappa shape index (κ2) is 7.42. The summed E-state index contributed by atoms with van der Waals surface area (Å²) < 4.78 is 13.6. The van der Waals surface area contributed by atoms with Crippen molar-refractivity contribution in [2.75, 3.05) is 5.32 Å². The van der Waals surface area contributed by atoms with Gasteiger partial charge in [-0.2, -0.15) is 0 Å². The van der Waals surface area contributed by atoms with E-state index in [1.54, 1.807) is 18.2 Å². The van der Waals surface area contributed by atoms with E-state index in [2.05, 4.69) is 15.5 Å². The number of halogens is 1. The molecule has 2 rings (SSSR count). The highest BCUT2D eigenvalue weighted by Gasteiger charge is 2.17. The quantitative estimate of drug-likeness (QED) is 0.856. The van der Waals surface area contributed by atoms with Crippen LogP contribution in [0.15, 0.2) is 24.3 Å². The third-order valence-corrected chi connectivity index (χ3v) is 3.90. The molecule has 0 aliphatic heterocycles. The first-order chi connectivity index (χ1) is 10.5. The van der Waals surface area contributed by atoms with Crippen LogP contribution in [0, 0.1) is 11.7 Å². The number of nitrogens with two attached hydrogens (primary N) is 1. The fourth-order valence-electron chi connectivity index (χ4n) is 1.99. The van der Waals surface area contributed by atoms with E-state index in [9.17, 15) is 9.18 Å². The van der Waals surface area contributed by atoms with E-state index < -0.39 is 6.04 Å². The molecule has 0 bridgehead atoms. The topological polar surface area (TPSA) is 80.9 Å². The zero-order chi connectivity index (χ0) is 16.1. The Kier molecular flexibility index (Phi) is 5.57. The molecule has 0 aliphatic rings. The molecule has 0 radical (unpaired) electrons. The number of benzene rings is 1. The number of nitrogens with one attached hydrogen (secondary N) is 1. The summed E-state index contributed by atoms with van der Waals surface area (Å²) in [6, 6.07) is 5.95. The van der Waals surface area contributed by atoms with Crippen molar-refractivity contribution in [2.24, 2.45) is 11.7 Å². The molecule has 7 heteroatoms. The number of carbonyl (C=O) groups is 1. The fourth-order valence-corrected chi connectivity index (χ4v) is 2.76. The van der Waals surface area contributed by atoms with Crippen molar-refractivity contribution in [3.05, 3.63) is 40.7 Å². The summed E-state index contributed by atoms with van der Waals surface area (Å²) >= 11 is 1.22. The van der Waals surface area contributed by atoms with Crippen molar-refractivity contribution in [1.82, 2.24) is 10.2 Å². The number of nitrogens with zero attached hydrogens (tertiary/aromatic N) is 2. The van der Waals surface area contributed by atoms with E-state index >= 15 is 0 Å². The van der Waals surface area contributed by atoms with Crippen LogP contribution in [0.3, 0.4) is 0 Å². The number of aromatic nitrogens is 2. The molecule has 1 atom stereocenters. The molecule has 1 amide bonds. The summed E-state index contributed by atoms with van der Waals surface area (Å²) in [4.78, 5) is 11.9. The average Bonchev–Trinajstić information content (AvgIpc) is 2.88. The molecule has 2 aromatic rings. The van der Waals surface area contributed by atoms with Gasteiger partial charge in [-0.15, -0.1) is 10.2 Å². The molecule has 1 aromatic heterocycles. The first-order valence-corrected chi connectivity index (χ1v) is 7.89. The number of anilines is 1. The summed E-state index contributed by atoms with van der Waals surface area (Å²) in [5, 5.41) is 11.6. The standard InChI is InChI=1S/C15H19FN4OS/c1-9(2)7-12(17)14(21)18-15-20-19-13(22-15)8-10-5-3-4-6-11(10)16/h3-6,9,12H,7-8,17H2,1-2H3,(H,18,20,21)/t12-/m0/s1. The zero-order valence-corrected chi connectivity index (χ0v) is 13.4. The van der Waals surface area contributed by atoms with Gasteiger partial charge in [-0.3, -0.25) is 10.1 Å². The maximum atomic E-state index is 13.6. The van der Waals surface area contributed by atoms with Crippen LogP contribution in [0.2, 0.25) is 0 Å². The SMILES string of the molecule is CC(C)C[C@H](N)C(=O)Nc1nnc(Cc2ccccc2F)s1. The molecule has 0 aliphatic carbocycles. The zero-order valence-electron chi connectivity index (χ0n) is 12.5. The van der Waals surface area contributed by atoms with E-state index in [1.165, 1.54) is 17.4 Å². The van der Waals surface area contributed by atoms with Gasteiger partial charge in [0.1, 0.15) is 10.8 Å². The van der Waals surface area contributed by atoms with Gasteiger partial charge >= 0.3 is 0 Å². The molecule has 0 saturated carbocycles. The molecule has 0 spiro atoms. The average molecular weight is 322 g/mol. The number of amides is 1. The lowest BCUT2D eigenvalue weighted by atomic mass is 10.0. The number of hydrogen-bond donors (Lipinski definition) is 2. The van der Waals surface area contributed by atoms with Crippen LogP contribution in [-0.4, -0.2) is 22.1 Å². The van der Waals surface area contributed by atoms with Crippen LogP contribution >= 0.6 is 11.3 Å². The maximum absolute atomic E-state index is 13.6. The Balaban J connectivity index is 1.97. The van der Waals surface area contributed by atoms with Crippen molar-refractivity contribution in [3.8, 4) is 0 Å². The molecule has 118 valence electrons. The minimum absolute atomic E-state index is 0.276. The summed E-state index contributed by atoms with van der Waals surface area (Å²) in [5.41, 5.74) is 6.36. The van der Waals surface area contributed by atoms with Gasteiger partial charge in [0.05, 0.1) is 6.04 Å². The van der Waals surface area contributed by atoms with Gasteiger partial charge in [0.15, 0.2) is 0 Å². The lowest BCUT2D eigenvalue weighted by molar-refractivity contribution is -0.117. The first-order valence-electron chi connectivity index (χ1n) is 7.08. The Labute approximate surface area is 132 Å². The van der Waals surface area contributed by atoms with E-state index in [-0.39, 0.29) is 11.7 Å². The second-order valence-electron chi connectivity index (χ2n) is 5.49. The fraction of sp³-hybridized carbons (Fsp3) is 0.400. The Bertz CT molecular complexity index is 644. The van der Waals surface area contributed by atoms with E-state index in [4.69, 9.17) is 5.73 Å². The lowest BCUT2D eigenvalue weighted by Gasteiger charge is -2.12. The van der Waals surface area contributed by atoms with Gasteiger partial charge < -0.3 is 5.73 Å². The number of hydrogen-bond acceptors (Lipinski definition) is 5. The van der Waals surface area contributed by atoms with Crippen molar-refractivity contribution >= 4 is 22.4 Å². The van der Waals surface area contributed by atoms with Crippen LogP contribution in [0.1, 0.15) is 30.8 Å².